The SMILES string of the molecule is CC1Nc2cc(Cl)ccc2OC1c1ccco1. The second-order valence-corrected chi connectivity index (χ2v) is 4.56. The fourth-order valence-electron chi connectivity index (χ4n) is 2.04. The Balaban J connectivity index is 1.95. The lowest BCUT2D eigenvalue weighted by molar-refractivity contribution is 0.151. The highest BCUT2D eigenvalue weighted by atomic mass is 35.5. The fourth-order valence-corrected chi connectivity index (χ4v) is 2.21. The summed E-state index contributed by atoms with van der Waals surface area (Å²) in [5.74, 6) is 1.62. The lowest BCUT2D eigenvalue weighted by Gasteiger charge is -2.31. The minimum absolute atomic E-state index is 0.112. The van der Waals surface area contributed by atoms with E-state index < -0.39 is 0 Å². The summed E-state index contributed by atoms with van der Waals surface area (Å²) in [6.07, 6.45) is 1.54. The van der Waals surface area contributed by atoms with E-state index >= 15 is 0 Å². The molecule has 1 aliphatic heterocycles. The fraction of sp³-hybridized carbons (Fsp3) is 0.231. The van der Waals surface area contributed by atoms with Gasteiger partial charge in [0, 0.05) is 5.02 Å². The number of hydrogen-bond acceptors (Lipinski definition) is 3. The van der Waals surface area contributed by atoms with Gasteiger partial charge in [-0.1, -0.05) is 11.6 Å². The first-order valence-corrected chi connectivity index (χ1v) is 5.88. The first-order valence-electron chi connectivity index (χ1n) is 5.50. The van der Waals surface area contributed by atoms with Crippen molar-refractivity contribution >= 4 is 17.3 Å². The molecule has 0 saturated heterocycles. The summed E-state index contributed by atoms with van der Waals surface area (Å²) in [4.78, 5) is 0. The van der Waals surface area contributed by atoms with Crippen molar-refractivity contribution in [2.45, 2.75) is 19.1 Å². The van der Waals surface area contributed by atoms with Crippen molar-refractivity contribution in [3.8, 4) is 5.75 Å². The van der Waals surface area contributed by atoms with Crippen LogP contribution >= 0.6 is 11.6 Å². The number of fused-ring (bicyclic) bond motifs is 1. The minimum Gasteiger partial charge on any atom is -0.478 e. The number of rotatable bonds is 1. The Bertz CT molecular complexity index is 524. The highest BCUT2D eigenvalue weighted by Crippen LogP contribution is 2.38. The van der Waals surface area contributed by atoms with Crippen LogP contribution in [-0.4, -0.2) is 6.04 Å². The summed E-state index contributed by atoms with van der Waals surface area (Å²) in [7, 11) is 0. The van der Waals surface area contributed by atoms with Gasteiger partial charge in [0.1, 0.15) is 11.5 Å². The quantitative estimate of drug-likeness (QED) is 0.833. The van der Waals surface area contributed by atoms with Crippen molar-refractivity contribution in [3.63, 3.8) is 0 Å². The van der Waals surface area contributed by atoms with Crippen LogP contribution in [0.2, 0.25) is 5.02 Å². The average Bonchev–Trinajstić information content (AvgIpc) is 2.81. The molecule has 3 rings (SSSR count). The molecule has 88 valence electrons. The molecule has 0 fully saturated rings. The van der Waals surface area contributed by atoms with Crippen molar-refractivity contribution in [3.05, 3.63) is 47.4 Å². The van der Waals surface area contributed by atoms with Gasteiger partial charge < -0.3 is 14.5 Å². The molecule has 1 aromatic carbocycles. The van der Waals surface area contributed by atoms with E-state index in [1.54, 1.807) is 6.26 Å². The topological polar surface area (TPSA) is 34.4 Å². The minimum atomic E-state index is -0.112. The van der Waals surface area contributed by atoms with E-state index in [-0.39, 0.29) is 12.1 Å². The van der Waals surface area contributed by atoms with E-state index in [2.05, 4.69) is 12.2 Å². The zero-order chi connectivity index (χ0) is 11.8. The van der Waals surface area contributed by atoms with Crippen LogP contribution in [0.3, 0.4) is 0 Å². The summed E-state index contributed by atoms with van der Waals surface area (Å²) >= 11 is 5.95. The molecule has 4 heteroatoms. The molecule has 0 saturated carbocycles. The lowest BCUT2D eigenvalue weighted by Crippen LogP contribution is -2.32. The number of nitrogens with one attached hydrogen (secondary N) is 1. The van der Waals surface area contributed by atoms with Crippen LogP contribution in [0.1, 0.15) is 18.8 Å². The number of halogens is 1. The van der Waals surface area contributed by atoms with Gasteiger partial charge in [-0.05, 0) is 37.3 Å². The Labute approximate surface area is 104 Å². The highest BCUT2D eigenvalue weighted by molar-refractivity contribution is 6.30. The Morgan fingerprint density at radius 2 is 2.18 bits per heavy atom. The van der Waals surface area contributed by atoms with E-state index in [0.29, 0.717) is 5.02 Å². The van der Waals surface area contributed by atoms with Gasteiger partial charge in [0.25, 0.3) is 0 Å². The van der Waals surface area contributed by atoms with Gasteiger partial charge in [0.2, 0.25) is 0 Å². The van der Waals surface area contributed by atoms with Crippen LogP contribution in [0.5, 0.6) is 5.75 Å². The van der Waals surface area contributed by atoms with E-state index in [1.165, 1.54) is 0 Å². The van der Waals surface area contributed by atoms with Crippen LogP contribution < -0.4 is 10.1 Å². The van der Waals surface area contributed by atoms with Gasteiger partial charge in [-0.25, -0.2) is 0 Å². The van der Waals surface area contributed by atoms with Crippen molar-refractivity contribution in [2.24, 2.45) is 0 Å². The van der Waals surface area contributed by atoms with Gasteiger partial charge in [-0.2, -0.15) is 0 Å². The zero-order valence-electron chi connectivity index (χ0n) is 9.31. The Hall–Kier alpha value is -1.61. The molecule has 2 unspecified atom stereocenters. The maximum absolute atomic E-state index is 5.95. The zero-order valence-corrected chi connectivity index (χ0v) is 10.1. The number of benzene rings is 1. The van der Waals surface area contributed by atoms with Crippen molar-refractivity contribution in [1.82, 2.24) is 0 Å². The third kappa shape index (κ3) is 1.87. The van der Waals surface area contributed by atoms with E-state index in [0.717, 1.165) is 17.2 Å². The molecular weight excluding hydrogens is 238 g/mol. The monoisotopic (exact) mass is 249 g/mol. The maximum atomic E-state index is 5.95. The second kappa shape index (κ2) is 4.00. The highest BCUT2D eigenvalue weighted by Gasteiger charge is 2.29. The summed E-state index contributed by atoms with van der Waals surface area (Å²) in [5.41, 5.74) is 0.924. The molecule has 2 atom stereocenters. The molecular formula is C13H12ClNO2. The van der Waals surface area contributed by atoms with Crippen molar-refractivity contribution in [2.75, 3.05) is 5.32 Å². The second-order valence-electron chi connectivity index (χ2n) is 4.13. The average molecular weight is 250 g/mol. The smallest absolute Gasteiger partial charge is 0.176 e. The Kier molecular flexibility index (Phi) is 2.48. The molecule has 2 heterocycles. The van der Waals surface area contributed by atoms with Crippen LogP contribution in [0, 0.1) is 0 Å². The summed E-state index contributed by atoms with van der Waals surface area (Å²) in [6, 6.07) is 9.47. The van der Waals surface area contributed by atoms with Crippen LogP contribution in [0.15, 0.2) is 41.0 Å². The van der Waals surface area contributed by atoms with E-state index in [4.69, 9.17) is 20.8 Å². The lowest BCUT2D eigenvalue weighted by atomic mass is 10.1. The van der Waals surface area contributed by atoms with Gasteiger partial charge in [-0.15, -0.1) is 0 Å². The predicted octanol–water partition coefficient (Wildman–Crippen LogP) is 3.87. The molecule has 0 aliphatic carbocycles. The van der Waals surface area contributed by atoms with Gasteiger partial charge >= 0.3 is 0 Å². The van der Waals surface area contributed by atoms with Gasteiger partial charge in [0.15, 0.2) is 6.10 Å². The van der Waals surface area contributed by atoms with Crippen LogP contribution in [0.25, 0.3) is 0 Å². The molecule has 3 nitrogen and oxygen atoms in total. The first-order chi connectivity index (χ1) is 8.24. The van der Waals surface area contributed by atoms with E-state index in [1.807, 2.05) is 30.3 Å². The molecule has 0 bridgehead atoms. The van der Waals surface area contributed by atoms with Crippen molar-refractivity contribution in [1.29, 1.82) is 0 Å². The molecule has 1 aliphatic rings. The standard InChI is InChI=1S/C13H12ClNO2/c1-8-13(12-3-2-6-16-12)17-11-5-4-9(14)7-10(11)15-8/h2-8,13,15H,1H3. The van der Waals surface area contributed by atoms with Crippen LogP contribution in [0.4, 0.5) is 5.69 Å². The predicted molar refractivity (Wildman–Crippen MR) is 66.6 cm³/mol. The molecule has 17 heavy (non-hydrogen) atoms. The molecule has 0 amide bonds. The van der Waals surface area contributed by atoms with E-state index in [9.17, 15) is 0 Å². The van der Waals surface area contributed by atoms with Gasteiger partial charge in [0.05, 0.1) is 18.0 Å². The van der Waals surface area contributed by atoms with Gasteiger partial charge in [-0.3, -0.25) is 0 Å². The summed E-state index contributed by atoms with van der Waals surface area (Å²) < 4.78 is 11.3. The molecule has 0 radical (unpaired) electrons. The maximum Gasteiger partial charge on any atom is 0.176 e. The normalized spacial score (nSPS) is 22.5. The van der Waals surface area contributed by atoms with Crippen molar-refractivity contribution < 1.29 is 9.15 Å². The summed E-state index contributed by atoms with van der Waals surface area (Å²) in [5, 5.41) is 4.07. The molecule has 1 N–H and O–H groups in total. The number of hydrogen-bond donors (Lipinski definition) is 1. The summed E-state index contributed by atoms with van der Waals surface area (Å²) in [6.45, 7) is 2.05. The Morgan fingerprint density at radius 3 is 2.94 bits per heavy atom. The Morgan fingerprint density at radius 1 is 1.29 bits per heavy atom. The van der Waals surface area contributed by atoms with Crippen LogP contribution in [-0.2, 0) is 0 Å². The first kappa shape index (κ1) is 10.5. The number of anilines is 1. The third-order valence-electron chi connectivity index (χ3n) is 2.86. The molecule has 0 spiro atoms. The molecule has 2 aromatic rings. The molecule has 1 aromatic heterocycles. The number of ether oxygens (including phenoxy) is 1. The number of furan rings is 1. The third-order valence-corrected chi connectivity index (χ3v) is 3.09. The largest absolute Gasteiger partial charge is 0.478 e.